The Kier molecular flexibility index (Phi) is 3.03. The zero-order chi connectivity index (χ0) is 11.7. The van der Waals surface area contributed by atoms with Crippen molar-refractivity contribution >= 4 is 5.82 Å². The van der Waals surface area contributed by atoms with Crippen LogP contribution < -0.4 is 10.1 Å². The quantitative estimate of drug-likeness (QED) is 0.831. The van der Waals surface area contributed by atoms with Crippen molar-refractivity contribution in [1.29, 1.82) is 0 Å². The van der Waals surface area contributed by atoms with E-state index in [2.05, 4.69) is 44.1 Å². The smallest absolute Gasteiger partial charge is 0.168 e. The molecule has 1 unspecified atom stereocenters. The minimum absolute atomic E-state index is 0.247. The molecule has 0 saturated carbocycles. The number of hydrogen-bond donors (Lipinski definition) is 1. The predicted octanol–water partition coefficient (Wildman–Crippen LogP) is 3.03. The fourth-order valence-corrected chi connectivity index (χ4v) is 1.77. The number of fused-ring (bicyclic) bond motifs is 1. The summed E-state index contributed by atoms with van der Waals surface area (Å²) in [5.74, 6) is 2.78. The molecule has 0 fully saturated rings. The van der Waals surface area contributed by atoms with Gasteiger partial charge in [-0.3, -0.25) is 0 Å². The van der Waals surface area contributed by atoms with Crippen LogP contribution in [0.1, 0.15) is 39.2 Å². The SMILES string of the molecule is CC(C)c1cnc2c(c1)OC(C(C)C)CN2. The zero-order valence-corrected chi connectivity index (χ0v) is 10.4. The van der Waals surface area contributed by atoms with Crippen molar-refractivity contribution in [1.82, 2.24) is 4.98 Å². The monoisotopic (exact) mass is 220 g/mol. The molecule has 88 valence electrons. The molecule has 1 aromatic rings. The molecule has 1 N–H and O–H groups in total. The van der Waals surface area contributed by atoms with Crippen molar-refractivity contribution in [3.8, 4) is 5.75 Å². The number of anilines is 1. The Bertz CT molecular complexity index is 374. The van der Waals surface area contributed by atoms with E-state index >= 15 is 0 Å². The highest BCUT2D eigenvalue weighted by atomic mass is 16.5. The lowest BCUT2D eigenvalue weighted by Crippen LogP contribution is -2.35. The summed E-state index contributed by atoms with van der Waals surface area (Å²) in [4.78, 5) is 4.40. The second-order valence-electron chi connectivity index (χ2n) is 5.05. The van der Waals surface area contributed by atoms with Gasteiger partial charge in [-0.1, -0.05) is 27.7 Å². The van der Waals surface area contributed by atoms with Crippen LogP contribution in [-0.2, 0) is 0 Å². The molecule has 0 radical (unpaired) electrons. The molecule has 1 aliphatic rings. The summed E-state index contributed by atoms with van der Waals surface area (Å²) in [6, 6.07) is 2.11. The van der Waals surface area contributed by atoms with E-state index < -0.39 is 0 Å². The van der Waals surface area contributed by atoms with Crippen LogP contribution in [0.4, 0.5) is 5.82 Å². The van der Waals surface area contributed by atoms with Gasteiger partial charge in [0.2, 0.25) is 0 Å². The standard InChI is InChI=1S/C13H20N2O/c1-8(2)10-5-11-13(14-6-10)15-7-12(16-11)9(3)4/h5-6,8-9,12H,7H2,1-4H3,(H,14,15). The minimum Gasteiger partial charge on any atom is -0.484 e. The van der Waals surface area contributed by atoms with Gasteiger partial charge >= 0.3 is 0 Å². The molecule has 0 bridgehead atoms. The summed E-state index contributed by atoms with van der Waals surface area (Å²) in [6.45, 7) is 9.53. The van der Waals surface area contributed by atoms with Gasteiger partial charge in [0, 0.05) is 6.20 Å². The molecule has 0 aromatic carbocycles. The fourth-order valence-electron chi connectivity index (χ4n) is 1.77. The Morgan fingerprint density at radius 3 is 2.75 bits per heavy atom. The molecule has 3 nitrogen and oxygen atoms in total. The van der Waals surface area contributed by atoms with E-state index in [0.29, 0.717) is 11.8 Å². The molecule has 1 aliphatic heterocycles. The molecule has 2 rings (SSSR count). The number of hydrogen-bond acceptors (Lipinski definition) is 3. The lowest BCUT2D eigenvalue weighted by Gasteiger charge is -2.29. The van der Waals surface area contributed by atoms with E-state index in [1.54, 1.807) is 0 Å². The van der Waals surface area contributed by atoms with Crippen LogP contribution in [-0.4, -0.2) is 17.6 Å². The Balaban J connectivity index is 2.25. The third-order valence-electron chi connectivity index (χ3n) is 3.03. The predicted molar refractivity (Wildman–Crippen MR) is 66.1 cm³/mol. The van der Waals surface area contributed by atoms with E-state index in [1.807, 2.05) is 6.20 Å². The molecule has 3 heteroatoms. The number of aromatic nitrogens is 1. The number of nitrogens with zero attached hydrogens (tertiary/aromatic N) is 1. The summed E-state index contributed by atoms with van der Waals surface area (Å²) < 4.78 is 5.96. The highest BCUT2D eigenvalue weighted by Crippen LogP contribution is 2.31. The van der Waals surface area contributed by atoms with Crippen molar-refractivity contribution < 1.29 is 4.74 Å². The van der Waals surface area contributed by atoms with Gasteiger partial charge in [0.1, 0.15) is 6.10 Å². The summed E-state index contributed by atoms with van der Waals surface area (Å²) >= 11 is 0. The molecular weight excluding hydrogens is 200 g/mol. The van der Waals surface area contributed by atoms with Gasteiger partial charge in [-0.05, 0) is 23.5 Å². The maximum absolute atomic E-state index is 5.96. The number of nitrogens with one attached hydrogen (secondary N) is 1. The summed E-state index contributed by atoms with van der Waals surface area (Å²) in [7, 11) is 0. The van der Waals surface area contributed by atoms with Gasteiger partial charge in [-0.15, -0.1) is 0 Å². The van der Waals surface area contributed by atoms with E-state index in [1.165, 1.54) is 5.56 Å². The second-order valence-corrected chi connectivity index (χ2v) is 5.05. The van der Waals surface area contributed by atoms with Gasteiger partial charge in [-0.25, -0.2) is 4.98 Å². The Labute approximate surface area is 97.2 Å². The first-order valence-electron chi connectivity index (χ1n) is 5.98. The number of ether oxygens (including phenoxy) is 1. The van der Waals surface area contributed by atoms with Crippen LogP contribution in [0, 0.1) is 5.92 Å². The Morgan fingerprint density at radius 1 is 1.38 bits per heavy atom. The average Bonchev–Trinajstić information content (AvgIpc) is 2.27. The third-order valence-corrected chi connectivity index (χ3v) is 3.03. The van der Waals surface area contributed by atoms with E-state index in [9.17, 15) is 0 Å². The summed E-state index contributed by atoms with van der Waals surface area (Å²) in [6.07, 6.45) is 2.17. The molecule has 0 saturated heterocycles. The lowest BCUT2D eigenvalue weighted by atomic mass is 10.0. The van der Waals surface area contributed by atoms with Gasteiger partial charge in [0.15, 0.2) is 11.6 Å². The molecule has 1 atom stereocenters. The number of pyridine rings is 1. The molecule has 0 aliphatic carbocycles. The van der Waals surface area contributed by atoms with Crippen molar-refractivity contribution in [2.45, 2.75) is 39.7 Å². The normalized spacial score (nSPS) is 19.2. The Hall–Kier alpha value is -1.25. The highest BCUT2D eigenvalue weighted by Gasteiger charge is 2.23. The highest BCUT2D eigenvalue weighted by molar-refractivity contribution is 5.53. The van der Waals surface area contributed by atoms with Gasteiger partial charge in [0.25, 0.3) is 0 Å². The van der Waals surface area contributed by atoms with Crippen molar-refractivity contribution in [3.63, 3.8) is 0 Å². The third kappa shape index (κ3) is 2.13. The first kappa shape index (κ1) is 11.2. The van der Waals surface area contributed by atoms with Crippen LogP contribution in [0.3, 0.4) is 0 Å². The molecule has 0 amide bonds. The van der Waals surface area contributed by atoms with Crippen LogP contribution in [0.5, 0.6) is 5.75 Å². The van der Waals surface area contributed by atoms with E-state index in [4.69, 9.17) is 4.74 Å². The lowest BCUT2D eigenvalue weighted by molar-refractivity contribution is 0.155. The maximum Gasteiger partial charge on any atom is 0.168 e. The minimum atomic E-state index is 0.247. The molecule has 1 aromatic heterocycles. The van der Waals surface area contributed by atoms with Gasteiger partial charge < -0.3 is 10.1 Å². The van der Waals surface area contributed by atoms with Crippen LogP contribution in [0.25, 0.3) is 0 Å². The first-order valence-corrected chi connectivity index (χ1v) is 5.98. The number of rotatable bonds is 2. The Morgan fingerprint density at radius 2 is 2.12 bits per heavy atom. The van der Waals surface area contributed by atoms with Crippen LogP contribution in [0.2, 0.25) is 0 Å². The molecule has 2 heterocycles. The summed E-state index contributed by atoms with van der Waals surface area (Å²) in [5, 5.41) is 3.32. The van der Waals surface area contributed by atoms with Crippen LogP contribution >= 0.6 is 0 Å². The van der Waals surface area contributed by atoms with Crippen molar-refractivity contribution in [2.24, 2.45) is 5.92 Å². The molecule has 16 heavy (non-hydrogen) atoms. The zero-order valence-electron chi connectivity index (χ0n) is 10.4. The van der Waals surface area contributed by atoms with Gasteiger partial charge in [-0.2, -0.15) is 0 Å². The topological polar surface area (TPSA) is 34.1 Å². The summed E-state index contributed by atoms with van der Waals surface area (Å²) in [5.41, 5.74) is 1.23. The molecule has 0 spiro atoms. The average molecular weight is 220 g/mol. The largest absolute Gasteiger partial charge is 0.484 e. The fraction of sp³-hybridized carbons (Fsp3) is 0.615. The van der Waals surface area contributed by atoms with E-state index in [0.717, 1.165) is 18.1 Å². The van der Waals surface area contributed by atoms with E-state index in [-0.39, 0.29) is 6.10 Å². The van der Waals surface area contributed by atoms with Gasteiger partial charge in [0.05, 0.1) is 6.54 Å². The first-order chi connectivity index (χ1) is 7.58. The van der Waals surface area contributed by atoms with Crippen LogP contribution in [0.15, 0.2) is 12.3 Å². The second kappa shape index (κ2) is 4.32. The molecular formula is C13H20N2O. The van der Waals surface area contributed by atoms with Crippen molar-refractivity contribution in [3.05, 3.63) is 17.8 Å². The van der Waals surface area contributed by atoms with Crippen molar-refractivity contribution in [2.75, 3.05) is 11.9 Å². The maximum atomic E-state index is 5.96.